The van der Waals surface area contributed by atoms with Crippen molar-refractivity contribution in [3.8, 4) is 5.69 Å². The first kappa shape index (κ1) is 18.9. The number of benzene rings is 1. The highest BCUT2D eigenvalue weighted by Gasteiger charge is 2.34. The lowest BCUT2D eigenvalue weighted by molar-refractivity contribution is -0.136. The predicted octanol–water partition coefficient (Wildman–Crippen LogP) is 3.18. The van der Waals surface area contributed by atoms with Gasteiger partial charge in [0, 0.05) is 16.6 Å². The third kappa shape index (κ3) is 3.21. The Hall–Kier alpha value is -3.39. The largest absolute Gasteiger partial charge is 0.466 e. The average molecular weight is 412 g/mol. The van der Waals surface area contributed by atoms with Crippen LogP contribution >= 0.6 is 11.6 Å². The molecular formula is C20H18ClN5O3. The number of aryl methyl sites for hydroxylation is 1. The quantitative estimate of drug-likeness (QED) is 0.509. The summed E-state index contributed by atoms with van der Waals surface area (Å²) >= 11 is 6.52. The van der Waals surface area contributed by atoms with Gasteiger partial charge in [0.15, 0.2) is 5.65 Å². The number of para-hydroxylation sites is 1. The van der Waals surface area contributed by atoms with Crippen LogP contribution in [0.5, 0.6) is 0 Å². The molecule has 0 bridgehead atoms. The van der Waals surface area contributed by atoms with Gasteiger partial charge in [-0.05, 0) is 32.0 Å². The molecule has 2 N–H and O–H groups in total. The molecule has 29 heavy (non-hydrogen) atoms. The van der Waals surface area contributed by atoms with E-state index in [0.29, 0.717) is 16.9 Å². The number of urea groups is 1. The highest BCUT2D eigenvalue weighted by Crippen LogP contribution is 2.34. The number of fused-ring (bicyclic) bond motifs is 1. The number of rotatable bonds is 3. The van der Waals surface area contributed by atoms with Crippen LogP contribution in [0.1, 0.15) is 24.2 Å². The van der Waals surface area contributed by atoms with E-state index in [4.69, 9.17) is 16.3 Å². The Balaban J connectivity index is 1.90. The van der Waals surface area contributed by atoms with Crippen LogP contribution in [0.15, 0.2) is 47.7 Å². The molecule has 3 aromatic rings. The number of hydrogen-bond acceptors (Lipinski definition) is 5. The van der Waals surface area contributed by atoms with Gasteiger partial charge in [0.2, 0.25) is 0 Å². The molecular weight excluding hydrogens is 394 g/mol. The summed E-state index contributed by atoms with van der Waals surface area (Å²) in [5.41, 5.74) is 3.34. The molecule has 9 heteroatoms. The zero-order valence-corrected chi connectivity index (χ0v) is 16.7. The maximum atomic E-state index is 12.3. The van der Waals surface area contributed by atoms with E-state index >= 15 is 0 Å². The number of esters is 1. The summed E-state index contributed by atoms with van der Waals surface area (Å²) in [6, 6.07) is 10.2. The summed E-state index contributed by atoms with van der Waals surface area (Å²) in [6.07, 6.45) is 0. The molecule has 2 aromatic heterocycles. The van der Waals surface area contributed by atoms with Crippen molar-refractivity contribution >= 4 is 34.6 Å². The summed E-state index contributed by atoms with van der Waals surface area (Å²) in [4.78, 5) is 28.9. The number of nitrogens with one attached hydrogen (secondary N) is 2. The number of methoxy groups -OCH3 is 1. The van der Waals surface area contributed by atoms with Crippen molar-refractivity contribution < 1.29 is 14.3 Å². The number of halogens is 1. The Morgan fingerprint density at radius 1 is 1.24 bits per heavy atom. The van der Waals surface area contributed by atoms with E-state index in [9.17, 15) is 9.59 Å². The number of ether oxygens (including phenoxy) is 1. The molecule has 0 spiro atoms. The van der Waals surface area contributed by atoms with Gasteiger partial charge in [-0.3, -0.25) is 0 Å². The zero-order chi connectivity index (χ0) is 20.7. The van der Waals surface area contributed by atoms with Crippen molar-refractivity contribution in [3.05, 3.63) is 64.1 Å². The van der Waals surface area contributed by atoms with Crippen LogP contribution in [0, 0.1) is 6.92 Å². The summed E-state index contributed by atoms with van der Waals surface area (Å²) < 4.78 is 6.60. The molecule has 1 aliphatic rings. The smallest absolute Gasteiger partial charge is 0.337 e. The van der Waals surface area contributed by atoms with Crippen LogP contribution in [0.4, 0.5) is 4.79 Å². The fourth-order valence-corrected chi connectivity index (χ4v) is 3.68. The van der Waals surface area contributed by atoms with Crippen LogP contribution in [0.3, 0.4) is 0 Å². The molecule has 3 heterocycles. The summed E-state index contributed by atoms with van der Waals surface area (Å²) in [7, 11) is 1.28. The lowest BCUT2D eigenvalue weighted by Crippen LogP contribution is -2.45. The molecule has 148 valence electrons. The van der Waals surface area contributed by atoms with E-state index in [0.717, 1.165) is 16.8 Å². The van der Waals surface area contributed by atoms with Gasteiger partial charge in [0.25, 0.3) is 0 Å². The number of pyridine rings is 1. The number of amides is 2. The topological polar surface area (TPSA) is 98.1 Å². The minimum atomic E-state index is -0.792. The first-order chi connectivity index (χ1) is 13.9. The van der Waals surface area contributed by atoms with Crippen molar-refractivity contribution in [3.63, 3.8) is 0 Å². The number of allylic oxidation sites excluding steroid dienone is 1. The van der Waals surface area contributed by atoms with Gasteiger partial charge in [-0.15, -0.1) is 0 Å². The standard InChI is InChI=1S/C20H18ClN5O3/c1-10-13-9-14(16-15(19(27)29-3)11(2)22-20(28)23-16)17(21)24-18(13)26(25-10)12-7-5-4-6-8-12/h4-9,16H,1-3H3,(H2,22,23,28)/t16-/m0/s1. The maximum Gasteiger partial charge on any atom is 0.337 e. The van der Waals surface area contributed by atoms with Gasteiger partial charge in [-0.2, -0.15) is 5.10 Å². The van der Waals surface area contributed by atoms with Crippen molar-refractivity contribution in [1.29, 1.82) is 0 Å². The van der Waals surface area contributed by atoms with Gasteiger partial charge in [-0.1, -0.05) is 29.8 Å². The monoisotopic (exact) mass is 411 g/mol. The molecule has 1 atom stereocenters. The first-order valence-electron chi connectivity index (χ1n) is 8.88. The van der Waals surface area contributed by atoms with Gasteiger partial charge in [-0.25, -0.2) is 19.3 Å². The molecule has 8 nitrogen and oxygen atoms in total. The van der Waals surface area contributed by atoms with Crippen LogP contribution in [0.2, 0.25) is 5.15 Å². The molecule has 2 amide bonds. The SMILES string of the molecule is COC(=O)C1=C(C)NC(=O)N[C@H]1c1cc2c(C)nn(-c3ccccc3)c2nc1Cl. The fraction of sp³-hybridized carbons (Fsp3) is 0.200. The average Bonchev–Trinajstić information content (AvgIpc) is 3.02. The minimum absolute atomic E-state index is 0.163. The van der Waals surface area contributed by atoms with Gasteiger partial charge in [0.05, 0.1) is 30.1 Å². The second kappa shape index (κ2) is 7.21. The van der Waals surface area contributed by atoms with Crippen LogP contribution in [-0.2, 0) is 9.53 Å². The molecule has 1 aromatic carbocycles. The van der Waals surface area contributed by atoms with Crippen LogP contribution < -0.4 is 10.6 Å². The number of nitrogens with zero attached hydrogens (tertiary/aromatic N) is 3. The van der Waals surface area contributed by atoms with Gasteiger partial charge >= 0.3 is 12.0 Å². The van der Waals surface area contributed by atoms with E-state index in [1.165, 1.54) is 7.11 Å². The molecule has 0 aliphatic carbocycles. The van der Waals surface area contributed by atoms with E-state index in [-0.39, 0.29) is 10.7 Å². The second-order valence-corrected chi connectivity index (χ2v) is 6.99. The molecule has 4 rings (SSSR count). The van der Waals surface area contributed by atoms with Crippen molar-refractivity contribution in [2.24, 2.45) is 0 Å². The number of carbonyl (C=O) groups is 2. The summed E-state index contributed by atoms with van der Waals surface area (Å²) in [6.45, 7) is 3.50. The molecule has 0 fully saturated rings. The molecule has 0 saturated carbocycles. The maximum absolute atomic E-state index is 12.3. The van der Waals surface area contributed by atoms with E-state index in [2.05, 4.69) is 20.7 Å². The Kier molecular flexibility index (Phi) is 4.71. The molecule has 1 aliphatic heterocycles. The second-order valence-electron chi connectivity index (χ2n) is 6.63. The zero-order valence-electron chi connectivity index (χ0n) is 16.0. The number of aromatic nitrogens is 3. The Bertz CT molecular complexity index is 1170. The lowest BCUT2D eigenvalue weighted by Gasteiger charge is -2.28. The number of hydrogen-bond donors (Lipinski definition) is 2. The number of carbonyl (C=O) groups excluding carboxylic acids is 2. The Morgan fingerprint density at radius 3 is 2.66 bits per heavy atom. The van der Waals surface area contributed by atoms with Crippen molar-refractivity contribution in [2.45, 2.75) is 19.9 Å². The van der Waals surface area contributed by atoms with Crippen LogP contribution in [0.25, 0.3) is 16.7 Å². The van der Waals surface area contributed by atoms with Gasteiger partial charge in [0.1, 0.15) is 5.15 Å². The van der Waals surface area contributed by atoms with E-state index < -0.39 is 18.0 Å². The highest BCUT2D eigenvalue weighted by molar-refractivity contribution is 6.30. The van der Waals surface area contributed by atoms with Gasteiger partial charge < -0.3 is 15.4 Å². The Morgan fingerprint density at radius 2 is 1.97 bits per heavy atom. The van der Waals surface area contributed by atoms with Crippen molar-refractivity contribution in [2.75, 3.05) is 7.11 Å². The fourth-order valence-electron chi connectivity index (χ4n) is 3.44. The van der Waals surface area contributed by atoms with Crippen LogP contribution in [-0.4, -0.2) is 33.9 Å². The lowest BCUT2D eigenvalue weighted by atomic mass is 9.96. The van der Waals surface area contributed by atoms with E-state index in [1.807, 2.05) is 37.3 Å². The Labute approximate surface area is 171 Å². The molecule has 0 radical (unpaired) electrons. The third-order valence-corrected chi connectivity index (χ3v) is 5.11. The first-order valence-corrected chi connectivity index (χ1v) is 9.26. The summed E-state index contributed by atoms with van der Waals surface area (Å²) in [5, 5.41) is 10.8. The summed E-state index contributed by atoms with van der Waals surface area (Å²) in [5.74, 6) is -0.562. The molecule has 0 unspecified atom stereocenters. The molecule has 0 saturated heterocycles. The van der Waals surface area contributed by atoms with E-state index in [1.54, 1.807) is 17.7 Å². The van der Waals surface area contributed by atoms with Crippen molar-refractivity contribution in [1.82, 2.24) is 25.4 Å². The third-order valence-electron chi connectivity index (χ3n) is 4.81. The normalized spacial score (nSPS) is 16.6. The predicted molar refractivity (Wildman–Crippen MR) is 108 cm³/mol. The minimum Gasteiger partial charge on any atom is -0.466 e. The highest BCUT2D eigenvalue weighted by atomic mass is 35.5.